The molecule has 2 aromatic rings. The number of anilines is 1. The van der Waals surface area contributed by atoms with E-state index in [1.807, 2.05) is 29.2 Å². The van der Waals surface area contributed by atoms with E-state index >= 15 is 0 Å². The lowest BCUT2D eigenvalue weighted by molar-refractivity contribution is 0.0746. The molecule has 0 radical (unpaired) electrons. The highest BCUT2D eigenvalue weighted by Crippen LogP contribution is 2.40. The maximum atomic E-state index is 13.0. The van der Waals surface area contributed by atoms with Gasteiger partial charge in [-0.05, 0) is 42.9 Å². The first kappa shape index (κ1) is 15.0. The highest BCUT2D eigenvalue weighted by atomic mass is 35.5. The third-order valence-corrected chi connectivity index (χ3v) is 6.29. The molecule has 0 unspecified atom stereocenters. The molecular weight excluding hydrogens is 328 g/mol. The largest absolute Gasteiger partial charge is 0.359 e. The van der Waals surface area contributed by atoms with Crippen LogP contribution in [0.15, 0.2) is 24.3 Å². The van der Waals surface area contributed by atoms with Gasteiger partial charge in [0.2, 0.25) is 0 Å². The van der Waals surface area contributed by atoms with Crippen LogP contribution in [0.3, 0.4) is 0 Å². The molecular formula is C18H19ClN2OS. The van der Waals surface area contributed by atoms with Crippen LogP contribution in [-0.2, 0) is 19.4 Å². The van der Waals surface area contributed by atoms with Crippen molar-refractivity contribution in [2.75, 3.05) is 12.0 Å². The third kappa shape index (κ3) is 2.74. The van der Waals surface area contributed by atoms with Gasteiger partial charge in [-0.3, -0.25) is 4.79 Å². The highest BCUT2D eigenvalue weighted by molar-refractivity contribution is 7.16. The molecule has 0 bridgehead atoms. The Bertz CT molecular complexity index is 755. The van der Waals surface area contributed by atoms with Crippen LogP contribution < -0.4 is 5.32 Å². The number of benzene rings is 1. The molecule has 2 heterocycles. The highest BCUT2D eigenvalue weighted by Gasteiger charge is 2.31. The Morgan fingerprint density at radius 3 is 2.87 bits per heavy atom. The minimum Gasteiger partial charge on any atom is -0.359 e. The number of fused-ring (bicyclic) bond motifs is 3. The summed E-state index contributed by atoms with van der Waals surface area (Å²) in [7, 11) is 0. The van der Waals surface area contributed by atoms with E-state index < -0.39 is 0 Å². The summed E-state index contributed by atoms with van der Waals surface area (Å²) in [4.78, 5) is 16.3. The first-order chi connectivity index (χ1) is 11.2. The van der Waals surface area contributed by atoms with E-state index in [2.05, 4.69) is 5.32 Å². The first-order valence-corrected chi connectivity index (χ1v) is 9.34. The number of amides is 1. The summed E-state index contributed by atoms with van der Waals surface area (Å²) in [5.41, 5.74) is 3.21. The number of nitrogens with zero attached hydrogens (tertiary/aromatic N) is 1. The summed E-state index contributed by atoms with van der Waals surface area (Å²) in [6.45, 7) is 1.10. The second kappa shape index (κ2) is 6.17. The minimum atomic E-state index is 0.151. The molecule has 1 aliphatic heterocycles. The van der Waals surface area contributed by atoms with Gasteiger partial charge in [0.25, 0.3) is 5.91 Å². The Hall–Kier alpha value is -1.52. The van der Waals surface area contributed by atoms with Crippen molar-refractivity contribution in [3.05, 3.63) is 50.9 Å². The van der Waals surface area contributed by atoms with Crippen LogP contribution in [0.25, 0.3) is 0 Å². The number of hydrogen-bond donors (Lipinski definition) is 1. The van der Waals surface area contributed by atoms with Crippen molar-refractivity contribution in [1.29, 1.82) is 0 Å². The van der Waals surface area contributed by atoms with Gasteiger partial charge in [0.1, 0.15) is 5.00 Å². The van der Waals surface area contributed by atoms with Gasteiger partial charge in [0, 0.05) is 16.4 Å². The lowest BCUT2D eigenvalue weighted by Crippen LogP contribution is -2.39. The Balaban J connectivity index is 1.64. The fourth-order valence-electron chi connectivity index (χ4n) is 3.45. The molecule has 1 amide bonds. The second-order valence-electron chi connectivity index (χ2n) is 6.20. The van der Waals surface area contributed by atoms with Crippen LogP contribution in [0.5, 0.6) is 0 Å². The Morgan fingerprint density at radius 1 is 1.17 bits per heavy atom. The van der Waals surface area contributed by atoms with Crippen LogP contribution in [-0.4, -0.2) is 17.5 Å². The molecule has 1 N–H and O–H groups in total. The van der Waals surface area contributed by atoms with Crippen LogP contribution >= 0.6 is 22.9 Å². The van der Waals surface area contributed by atoms with Crippen LogP contribution in [0.4, 0.5) is 5.00 Å². The normalized spacial score (nSPS) is 17.3. The molecule has 1 aliphatic carbocycles. The summed E-state index contributed by atoms with van der Waals surface area (Å²) < 4.78 is 0. The zero-order chi connectivity index (χ0) is 15.8. The maximum Gasteiger partial charge on any atom is 0.258 e. The van der Waals surface area contributed by atoms with Gasteiger partial charge in [-0.1, -0.05) is 36.2 Å². The molecule has 0 saturated carbocycles. The van der Waals surface area contributed by atoms with Gasteiger partial charge in [-0.15, -0.1) is 11.3 Å². The van der Waals surface area contributed by atoms with E-state index in [4.69, 9.17) is 11.6 Å². The number of thiophene rings is 1. The van der Waals surface area contributed by atoms with Crippen LogP contribution in [0.1, 0.15) is 45.6 Å². The molecule has 0 atom stereocenters. The van der Waals surface area contributed by atoms with Crippen LogP contribution in [0.2, 0.25) is 5.02 Å². The lowest BCUT2D eigenvalue weighted by atomic mass is 10.0. The summed E-state index contributed by atoms with van der Waals surface area (Å²) >= 11 is 8.03. The summed E-state index contributed by atoms with van der Waals surface area (Å²) in [5, 5.41) is 5.23. The van der Waals surface area contributed by atoms with E-state index in [0.717, 1.165) is 34.0 Å². The van der Waals surface area contributed by atoms with Gasteiger partial charge in [-0.2, -0.15) is 0 Å². The number of carbonyl (C=O) groups is 1. The molecule has 1 aromatic heterocycles. The number of halogens is 1. The number of nitrogens with one attached hydrogen (secondary N) is 1. The predicted octanol–water partition coefficient (Wildman–Crippen LogP) is 4.70. The fraction of sp³-hybridized carbons (Fsp3) is 0.389. The topological polar surface area (TPSA) is 32.3 Å². The number of hydrogen-bond acceptors (Lipinski definition) is 3. The second-order valence-corrected chi connectivity index (χ2v) is 7.71. The Labute approximate surface area is 145 Å². The van der Waals surface area contributed by atoms with Gasteiger partial charge in [0.05, 0.1) is 12.2 Å². The molecule has 3 nitrogen and oxygen atoms in total. The Kier molecular flexibility index (Phi) is 4.04. The maximum absolute atomic E-state index is 13.0. The van der Waals surface area contributed by atoms with Gasteiger partial charge >= 0.3 is 0 Å². The molecule has 2 aliphatic rings. The van der Waals surface area contributed by atoms with Crippen molar-refractivity contribution in [2.45, 2.75) is 38.6 Å². The van der Waals surface area contributed by atoms with E-state index in [9.17, 15) is 4.79 Å². The van der Waals surface area contributed by atoms with Gasteiger partial charge in [0.15, 0.2) is 0 Å². The van der Waals surface area contributed by atoms with E-state index in [1.54, 1.807) is 11.3 Å². The molecule has 120 valence electrons. The van der Waals surface area contributed by atoms with E-state index in [1.165, 1.54) is 29.7 Å². The van der Waals surface area contributed by atoms with Crippen molar-refractivity contribution in [3.63, 3.8) is 0 Å². The molecule has 5 heteroatoms. The number of carbonyl (C=O) groups excluding carboxylic acids is 1. The average Bonchev–Trinajstić information content (AvgIpc) is 2.75. The molecule has 0 spiro atoms. The summed E-state index contributed by atoms with van der Waals surface area (Å²) in [6, 6.07) is 7.74. The van der Waals surface area contributed by atoms with E-state index in [-0.39, 0.29) is 5.91 Å². The van der Waals surface area contributed by atoms with Gasteiger partial charge in [-0.25, -0.2) is 0 Å². The zero-order valence-electron chi connectivity index (χ0n) is 12.9. The molecule has 0 saturated heterocycles. The number of rotatable bonds is 2. The van der Waals surface area contributed by atoms with Crippen LogP contribution in [0, 0.1) is 0 Å². The fourth-order valence-corrected chi connectivity index (χ4v) is 4.92. The van der Waals surface area contributed by atoms with Crippen molar-refractivity contribution in [1.82, 2.24) is 4.90 Å². The standard InChI is InChI=1S/C18H19ClN2OS/c19-14-8-5-4-6-12(14)10-21-11-20-17-16(18(21)22)13-7-2-1-3-9-15(13)23-17/h4-6,8,20H,1-3,7,9-11H2. The average molecular weight is 347 g/mol. The third-order valence-electron chi connectivity index (χ3n) is 4.67. The van der Waals surface area contributed by atoms with Gasteiger partial charge < -0.3 is 10.2 Å². The van der Waals surface area contributed by atoms with Crippen molar-refractivity contribution >= 4 is 33.8 Å². The Morgan fingerprint density at radius 2 is 2.00 bits per heavy atom. The summed E-state index contributed by atoms with van der Waals surface area (Å²) in [5.74, 6) is 0.151. The molecule has 0 fully saturated rings. The quantitative estimate of drug-likeness (QED) is 0.800. The SMILES string of the molecule is O=C1c2c(sc3c2CCCCC3)NCN1Cc1ccccc1Cl. The van der Waals surface area contributed by atoms with E-state index in [0.29, 0.717) is 13.2 Å². The molecule has 4 rings (SSSR count). The molecule has 23 heavy (non-hydrogen) atoms. The van der Waals surface area contributed by atoms with Crippen molar-refractivity contribution in [3.8, 4) is 0 Å². The smallest absolute Gasteiger partial charge is 0.258 e. The monoisotopic (exact) mass is 346 g/mol. The number of aryl methyl sites for hydroxylation is 1. The first-order valence-electron chi connectivity index (χ1n) is 8.15. The van der Waals surface area contributed by atoms with Crippen molar-refractivity contribution in [2.24, 2.45) is 0 Å². The molecule has 1 aromatic carbocycles. The lowest BCUT2D eigenvalue weighted by Gasteiger charge is -2.29. The zero-order valence-corrected chi connectivity index (χ0v) is 14.5. The van der Waals surface area contributed by atoms with Crippen molar-refractivity contribution < 1.29 is 4.79 Å². The summed E-state index contributed by atoms with van der Waals surface area (Å²) in [6.07, 6.45) is 5.85. The minimum absolute atomic E-state index is 0.151. The predicted molar refractivity (Wildman–Crippen MR) is 95.4 cm³/mol.